The highest BCUT2D eigenvalue weighted by Crippen LogP contribution is 2.32. The molecule has 10 heteroatoms. The summed E-state index contributed by atoms with van der Waals surface area (Å²) in [7, 11) is 0.860. The van der Waals surface area contributed by atoms with Crippen LogP contribution < -0.4 is 5.32 Å². The molecule has 0 saturated carbocycles. The molecule has 1 aromatic carbocycles. The second-order valence-corrected chi connectivity index (χ2v) is 7.20. The van der Waals surface area contributed by atoms with Crippen LogP contribution in [0, 0.1) is 10.1 Å². The second-order valence-electron chi connectivity index (χ2n) is 4.28. The Labute approximate surface area is 130 Å². The van der Waals surface area contributed by atoms with Gasteiger partial charge >= 0.3 is 0 Å². The van der Waals surface area contributed by atoms with Crippen molar-refractivity contribution in [2.75, 3.05) is 0 Å². The van der Waals surface area contributed by atoms with Gasteiger partial charge in [-0.25, -0.2) is 8.42 Å². The normalized spacial score (nSPS) is 12.8. The molecule has 1 amide bonds. The summed E-state index contributed by atoms with van der Waals surface area (Å²) in [5.41, 5.74) is -0.904. The van der Waals surface area contributed by atoms with E-state index >= 15 is 0 Å². The van der Waals surface area contributed by atoms with Gasteiger partial charge in [0.05, 0.1) is 15.5 Å². The van der Waals surface area contributed by atoms with Crippen LogP contribution in [0.25, 0.3) is 0 Å². The quantitative estimate of drug-likeness (QED) is 0.496. The highest BCUT2D eigenvalue weighted by molar-refractivity contribution is 8.13. The molecule has 0 bridgehead atoms. The lowest BCUT2D eigenvalue weighted by molar-refractivity contribution is -0.385. The number of nitro benzene ring substituents is 1. The molecule has 0 heterocycles. The van der Waals surface area contributed by atoms with E-state index in [9.17, 15) is 23.3 Å². The fourth-order valence-corrected chi connectivity index (χ4v) is 3.00. The fraction of sp³-hybridized carbons (Fsp3) is 0.364. The van der Waals surface area contributed by atoms with Crippen molar-refractivity contribution in [2.24, 2.45) is 0 Å². The molecule has 0 radical (unpaired) electrons. The smallest absolute Gasteiger partial charge is 0.271 e. The lowest BCUT2D eigenvalue weighted by atomic mass is 10.1. The first-order valence-electron chi connectivity index (χ1n) is 5.81. The van der Waals surface area contributed by atoms with Crippen LogP contribution >= 0.6 is 22.3 Å². The van der Waals surface area contributed by atoms with E-state index in [1.54, 1.807) is 6.92 Å². The van der Waals surface area contributed by atoms with E-state index in [1.165, 1.54) is 0 Å². The zero-order valence-electron chi connectivity index (χ0n) is 11.1. The van der Waals surface area contributed by atoms with Gasteiger partial charge in [0.25, 0.3) is 20.6 Å². The molecule has 0 aliphatic heterocycles. The Morgan fingerprint density at radius 3 is 2.48 bits per heavy atom. The van der Waals surface area contributed by atoms with E-state index in [1.807, 2.05) is 6.92 Å². The first-order chi connectivity index (χ1) is 9.57. The average Bonchev–Trinajstić information content (AvgIpc) is 2.36. The number of nitro groups is 1. The Kier molecular flexibility index (Phi) is 5.54. The lowest BCUT2D eigenvalue weighted by Gasteiger charge is -2.13. The molecule has 0 spiro atoms. The molecule has 21 heavy (non-hydrogen) atoms. The predicted octanol–water partition coefficient (Wildman–Crippen LogP) is 2.70. The third-order valence-corrected chi connectivity index (χ3v) is 4.60. The second kappa shape index (κ2) is 6.59. The first-order valence-corrected chi connectivity index (χ1v) is 8.50. The van der Waals surface area contributed by atoms with Gasteiger partial charge in [0.15, 0.2) is 0 Å². The SMILES string of the molecule is CCC(C)NC(=O)c1cc([N+](=O)[O-])cc(S(=O)(=O)Cl)c1Cl. The van der Waals surface area contributed by atoms with Crippen LogP contribution in [0.3, 0.4) is 0 Å². The molecule has 1 unspecified atom stereocenters. The van der Waals surface area contributed by atoms with E-state index in [2.05, 4.69) is 5.32 Å². The molecule has 7 nitrogen and oxygen atoms in total. The molecule has 0 aliphatic carbocycles. The molecule has 1 N–H and O–H groups in total. The number of halogens is 2. The van der Waals surface area contributed by atoms with Gasteiger partial charge in [-0.15, -0.1) is 0 Å². The number of hydrogen-bond acceptors (Lipinski definition) is 5. The number of benzene rings is 1. The van der Waals surface area contributed by atoms with Gasteiger partial charge in [-0.2, -0.15) is 0 Å². The summed E-state index contributed by atoms with van der Waals surface area (Å²) < 4.78 is 22.8. The van der Waals surface area contributed by atoms with Crippen molar-refractivity contribution >= 4 is 42.9 Å². The number of rotatable bonds is 5. The van der Waals surface area contributed by atoms with Crippen molar-refractivity contribution in [1.29, 1.82) is 0 Å². The number of carbonyl (C=O) groups excluding carboxylic acids is 1. The topological polar surface area (TPSA) is 106 Å². The maximum Gasteiger partial charge on any atom is 0.271 e. The first kappa shape index (κ1) is 17.7. The summed E-state index contributed by atoms with van der Waals surface area (Å²) >= 11 is 5.84. The number of carbonyl (C=O) groups is 1. The summed E-state index contributed by atoms with van der Waals surface area (Å²) in [4.78, 5) is 21.4. The van der Waals surface area contributed by atoms with Crippen LogP contribution in [-0.2, 0) is 9.05 Å². The largest absolute Gasteiger partial charge is 0.350 e. The number of non-ortho nitro benzene ring substituents is 1. The third kappa shape index (κ3) is 4.29. The van der Waals surface area contributed by atoms with Crippen LogP contribution in [0.1, 0.15) is 30.6 Å². The van der Waals surface area contributed by atoms with E-state index in [0.717, 1.165) is 6.07 Å². The standard InChI is InChI=1S/C11H12Cl2N2O5S/c1-3-6(2)14-11(16)8-4-7(15(17)18)5-9(10(8)12)21(13,19)20/h4-6H,3H2,1-2H3,(H,14,16). The van der Waals surface area contributed by atoms with Crippen LogP contribution in [0.15, 0.2) is 17.0 Å². The van der Waals surface area contributed by atoms with Gasteiger partial charge in [-0.05, 0) is 13.3 Å². The van der Waals surface area contributed by atoms with Crippen LogP contribution in [-0.4, -0.2) is 25.3 Å². The van der Waals surface area contributed by atoms with Crippen molar-refractivity contribution in [3.05, 3.63) is 32.8 Å². The summed E-state index contributed by atoms with van der Waals surface area (Å²) in [6.07, 6.45) is 0.624. The van der Waals surface area contributed by atoms with Crippen molar-refractivity contribution in [1.82, 2.24) is 5.32 Å². The van der Waals surface area contributed by atoms with E-state index in [4.69, 9.17) is 22.3 Å². The summed E-state index contributed by atoms with van der Waals surface area (Å²) in [5, 5.41) is 12.9. The molecule has 0 aromatic heterocycles. The van der Waals surface area contributed by atoms with Crippen LogP contribution in [0.2, 0.25) is 5.02 Å². The molecular formula is C11H12Cl2N2O5S. The summed E-state index contributed by atoms with van der Waals surface area (Å²) in [5.74, 6) is -0.709. The zero-order valence-corrected chi connectivity index (χ0v) is 13.4. The maximum atomic E-state index is 12.0. The lowest BCUT2D eigenvalue weighted by Crippen LogP contribution is -2.32. The molecular weight excluding hydrogens is 343 g/mol. The minimum atomic E-state index is -4.32. The summed E-state index contributed by atoms with van der Waals surface area (Å²) in [6, 6.07) is 1.42. The van der Waals surface area contributed by atoms with Crippen LogP contribution in [0.4, 0.5) is 5.69 Å². The highest BCUT2D eigenvalue weighted by Gasteiger charge is 2.26. The Morgan fingerprint density at radius 1 is 1.48 bits per heavy atom. The third-order valence-electron chi connectivity index (χ3n) is 2.73. The Morgan fingerprint density at radius 2 is 2.05 bits per heavy atom. The number of amides is 1. The van der Waals surface area contributed by atoms with Gasteiger partial charge in [0, 0.05) is 28.9 Å². The Balaban J connectivity index is 3.48. The van der Waals surface area contributed by atoms with Gasteiger partial charge < -0.3 is 5.32 Å². The van der Waals surface area contributed by atoms with Crippen molar-refractivity contribution in [3.63, 3.8) is 0 Å². The highest BCUT2D eigenvalue weighted by atomic mass is 35.7. The van der Waals surface area contributed by atoms with E-state index in [0.29, 0.717) is 12.5 Å². The van der Waals surface area contributed by atoms with Gasteiger partial charge in [-0.3, -0.25) is 14.9 Å². The number of hydrogen-bond donors (Lipinski definition) is 1. The molecule has 0 aliphatic rings. The molecule has 0 saturated heterocycles. The Hall–Kier alpha value is -1.38. The van der Waals surface area contributed by atoms with Crippen LogP contribution in [0.5, 0.6) is 0 Å². The monoisotopic (exact) mass is 354 g/mol. The average molecular weight is 355 g/mol. The molecule has 1 atom stereocenters. The maximum absolute atomic E-state index is 12.0. The molecule has 0 fully saturated rings. The van der Waals surface area contributed by atoms with E-state index < -0.39 is 35.5 Å². The number of nitrogens with one attached hydrogen (secondary N) is 1. The predicted molar refractivity (Wildman–Crippen MR) is 78.4 cm³/mol. The van der Waals surface area contributed by atoms with Gasteiger partial charge in [-0.1, -0.05) is 18.5 Å². The molecule has 1 rings (SSSR count). The van der Waals surface area contributed by atoms with Gasteiger partial charge in [0.1, 0.15) is 4.90 Å². The van der Waals surface area contributed by atoms with Crippen molar-refractivity contribution in [2.45, 2.75) is 31.2 Å². The zero-order chi connectivity index (χ0) is 16.4. The number of nitrogens with zero attached hydrogens (tertiary/aromatic N) is 1. The molecule has 1 aromatic rings. The minimum absolute atomic E-state index is 0.205. The van der Waals surface area contributed by atoms with E-state index in [-0.39, 0.29) is 11.6 Å². The fourth-order valence-electron chi connectivity index (χ4n) is 1.43. The van der Waals surface area contributed by atoms with Crippen molar-refractivity contribution in [3.8, 4) is 0 Å². The molecule has 116 valence electrons. The Bertz CT molecular complexity index is 690. The van der Waals surface area contributed by atoms with Gasteiger partial charge in [0.2, 0.25) is 0 Å². The minimum Gasteiger partial charge on any atom is -0.350 e. The summed E-state index contributed by atoms with van der Waals surface area (Å²) in [6.45, 7) is 3.55. The van der Waals surface area contributed by atoms with Crippen molar-refractivity contribution < 1.29 is 18.1 Å².